The molecular formula is C20H22N2O4. The van der Waals surface area contributed by atoms with E-state index >= 15 is 0 Å². The van der Waals surface area contributed by atoms with E-state index in [0.717, 1.165) is 22.1 Å². The van der Waals surface area contributed by atoms with Gasteiger partial charge in [0.05, 0.1) is 13.0 Å². The first-order valence-corrected chi connectivity index (χ1v) is 8.74. The Bertz CT molecular complexity index is 864. The van der Waals surface area contributed by atoms with Crippen LogP contribution in [0.5, 0.6) is 0 Å². The first-order valence-electron chi connectivity index (χ1n) is 8.74. The quantitative estimate of drug-likeness (QED) is 0.639. The van der Waals surface area contributed by atoms with Crippen LogP contribution in [-0.2, 0) is 19.9 Å². The number of imide groups is 1. The highest BCUT2D eigenvalue weighted by Gasteiger charge is 2.48. The van der Waals surface area contributed by atoms with Crippen molar-refractivity contribution in [2.75, 3.05) is 13.2 Å². The number of nitrogens with zero attached hydrogens (tertiary/aromatic N) is 1. The second-order valence-corrected chi connectivity index (χ2v) is 6.54. The van der Waals surface area contributed by atoms with Crippen LogP contribution in [0.1, 0.15) is 32.3 Å². The Kier molecular flexibility index (Phi) is 4.93. The monoisotopic (exact) mass is 354 g/mol. The molecule has 0 radical (unpaired) electrons. The van der Waals surface area contributed by atoms with E-state index in [1.54, 1.807) is 6.92 Å². The number of esters is 1. The molecule has 2 aromatic carbocycles. The van der Waals surface area contributed by atoms with E-state index in [1.807, 2.05) is 49.4 Å². The van der Waals surface area contributed by atoms with Crippen LogP contribution >= 0.6 is 0 Å². The zero-order valence-electron chi connectivity index (χ0n) is 15.0. The summed E-state index contributed by atoms with van der Waals surface area (Å²) in [7, 11) is 0. The lowest BCUT2D eigenvalue weighted by Crippen LogP contribution is -2.41. The molecule has 6 heteroatoms. The molecule has 1 heterocycles. The summed E-state index contributed by atoms with van der Waals surface area (Å²) in [4.78, 5) is 37.9. The van der Waals surface area contributed by atoms with Gasteiger partial charge in [0.25, 0.3) is 5.91 Å². The summed E-state index contributed by atoms with van der Waals surface area (Å²) in [6, 6.07) is 13.0. The van der Waals surface area contributed by atoms with E-state index < -0.39 is 17.5 Å². The number of amides is 3. The minimum Gasteiger partial charge on any atom is -0.466 e. The molecular weight excluding hydrogens is 332 g/mol. The maximum atomic E-state index is 12.9. The van der Waals surface area contributed by atoms with Crippen molar-refractivity contribution in [2.45, 2.75) is 32.2 Å². The Morgan fingerprint density at radius 3 is 2.62 bits per heavy atom. The average molecular weight is 354 g/mol. The molecule has 0 bridgehead atoms. The molecule has 1 fully saturated rings. The molecule has 3 amide bonds. The lowest BCUT2D eigenvalue weighted by molar-refractivity contribution is -0.144. The van der Waals surface area contributed by atoms with Gasteiger partial charge in [-0.25, -0.2) is 4.79 Å². The van der Waals surface area contributed by atoms with Crippen LogP contribution < -0.4 is 5.32 Å². The normalized spacial score (nSPS) is 19.7. The van der Waals surface area contributed by atoms with Crippen LogP contribution in [0.25, 0.3) is 10.8 Å². The van der Waals surface area contributed by atoms with Crippen molar-refractivity contribution in [3.63, 3.8) is 0 Å². The zero-order valence-corrected chi connectivity index (χ0v) is 15.0. The number of urea groups is 1. The third kappa shape index (κ3) is 3.27. The fourth-order valence-corrected chi connectivity index (χ4v) is 3.09. The van der Waals surface area contributed by atoms with Crippen molar-refractivity contribution < 1.29 is 19.1 Å². The molecule has 1 saturated heterocycles. The van der Waals surface area contributed by atoms with Gasteiger partial charge in [-0.1, -0.05) is 43.3 Å². The molecule has 136 valence electrons. The summed E-state index contributed by atoms with van der Waals surface area (Å²) in [5.41, 5.74) is -0.431. The number of rotatable bonds is 6. The highest BCUT2D eigenvalue weighted by Crippen LogP contribution is 2.31. The van der Waals surface area contributed by atoms with Crippen molar-refractivity contribution in [2.24, 2.45) is 0 Å². The highest BCUT2D eigenvalue weighted by molar-refractivity contribution is 6.07. The lowest BCUT2D eigenvalue weighted by atomic mass is 9.90. The van der Waals surface area contributed by atoms with Crippen LogP contribution in [-0.4, -0.2) is 36.0 Å². The van der Waals surface area contributed by atoms with Crippen molar-refractivity contribution >= 4 is 28.7 Å². The number of nitrogens with one attached hydrogen (secondary N) is 1. The number of carbonyl (C=O) groups is 3. The maximum absolute atomic E-state index is 12.9. The van der Waals surface area contributed by atoms with Gasteiger partial charge in [-0.05, 0) is 35.7 Å². The largest absolute Gasteiger partial charge is 0.466 e. The first-order chi connectivity index (χ1) is 12.5. The molecule has 1 aliphatic heterocycles. The van der Waals surface area contributed by atoms with E-state index in [2.05, 4.69) is 5.32 Å². The average Bonchev–Trinajstić information content (AvgIpc) is 2.87. The molecule has 26 heavy (non-hydrogen) atoms. The van der Waals surface area contributed by atoms with Gasteiger partial charge in [-0.3, -0.25) is 14.5 Å². The molecule has 0 aliphatic carbocycles. The number of ether oxygens (including phenoxy) is 1. The van der Waals surface area contributed by atoms with Gasteiger partial charge >= 0.3 is 12.0 Å². The van der Waals surface area contributed by atoms with Gasteiger partial charge in [0.15, 0.2) is 0 Å². The Hall–Kier alpha value is -2.89. The molecule has 1 atom stereocenters. The van der Waals surface area contributed by atoms with E-state index in [0.29, 0.717) is 12.2 Å². The molecule has 6 nitrogen and oxygen atoms in total. The summed E-state index contributed by atoms with van der Waals surface area (Å²) in [5, 5.41) is 4.82. The van der Waals surface area contributed by atoms with Crippen molar-refractivity contribution in [3.8, 4) is 0 Å². The molecule has 0 unspecified atom stereocenters. The minimum atomic E-state index is -1.14. The molecule has 3 rings (SSSR count). The van der Waals surface area contributed by atoms with Crippen molar-refractivity contribution in [1.82, 2.24) is 10.2 Å². The van der Waals surface area contributed by atoms with Gasteiger partial charge in [0.2, 0.25) is 0 Å². The SMILES string of the molecule is CCCOC(=O)CCN1C(=O)N[C@](C)(c2ccc3ccccc3c2)C1=O. The standard InChI is InChI=1S/C20H22N2O4/c1-3-12-26-17(23)10-11-22-18(24)20(2,21-19(22)25)16-9-8-14-6-4-5-7-15(14)13-16/h4-9,13H,3,10-12H2,1-2H3,(H,21,25)/t20-/m1/s1. The van der Waals surface area contributed by atoms with Gasteiger partial charge in [-0.15, -0.1) is 0 Å². The summed E-state index contributed by atoms with van der Waals surface area (Å²) in [6.45, 7) is 3.94. The summed E-state index contributed by atoms with van der Waals surface area (Å²) < 4.78 is 5.00. The first kappa shape index (κ1) is 17.9. The number of hydrogen-bond acceptors (Lipinski definition) is 4. The molecule has 1 aliphatic rings. The van der Waals surface area contributed by atoms with Crippen LogP contribution in [0, 0.1) is 0 Å². The van der Waals surface area contributed by atoms with Crippen LogP contribution in [0.3, 0.4) is 0 Å². The maximum Gasteiger partial charge on any atom is 0.325 e. The van der Waals surface area contributed by atoms with E-state index in [4.69, 9.17) is 4.74 Å². The predicted molar refractivity (Wildman–Crippen MR) is 97.4 cm³/mol. The minimum absolute atomic E-state index is 0.00698. The third-order valence-electron chi connectivity index (χ3n) is 4.61. The molecule has 0 spiro atoms. The zero-order chi connectivity index (χ0) is 18.7. The van der Waals surface area contributed by atoms with Crippen LogP contribution in [0.15, 0.2) is 42.5 Å². The predicted octanol–water partition coefficient (Wildman–Crippen LogP) is 2.95. The highest BCUT2D eigenvalue weighted by atomic mass is 16.5. The van der Waals surface area contributed by atoms with Crippen molar-refractivity contribution in [1.29, 1.82) is 0 Å². The molecule has 0 saturated carbocycles. The third-order valence-corrected chi connectivity index (χ3v) is 4.61. The van der Waals surface area contributed by atoms with E-state index in [1.165, 1.54) is 0 Å². The Morgan fingerprint density at radius 1 is 1.15 bits per heavy atom. The Morgan fingerprint density at radius 2 is 1.88 bits per heavy atom. The molecule has 1 N–H and O–H groups in total. The fourth-order valence-electron chi connectivity index (χ4n) is 3.09. The fraction of sp³-hybridized carbons (Fsp3) is 0.350. The Labute approximate surface area is 152 Å². The topological polar surface area (TPSA) is 75.7 Å². The molecule has 2 aromatic rings. The Balaban J connectivity index is 1.78. The second-order valence-electron chi connectivity index (χ2n) is 6.54. The summed E-state index contributed by atoms with van der Waals surface area (Å²) >= 11 is 0. The number of carbonyl (C=O) groups excluding carboxylic acids is 3. The van der Waals surface area contributed by atoms with Crippen LogP contribution in [0.2, 0.25) is 0 Å². The van der Waals surface area contributed by atoms with Gasteiger partial charge in [0, 0.05) is 6.54 Å². The lowest BCUT2D eigenvalue weighted by Gasteiger charge is -2.22. The van der Waals surface area contributed by atoms with Gasteiger partial charge in [-0.2, -0.15) is 0 Å². The van der Waals surface area contributed by atoms with E-state index in [-0.39, 0.29) is 18.9 Å². The summed E-state index contributed by atoms with van der Waals surface area (Å²) in [5.74, 6) is -0.771. The summed E-state index contributed by atoms with van der Waals surface area (Å²) in [6.07, 6.45) is 0.724. The number of fused-ring (bicyclic) bond motifs is 1. The van der Waals surface area contributed by atoms with Crippen molar-refractivity contribution in [3.05, 3.63) is 48.0 Å². The van der Waals surface area contributed by atoms with E-state index in [9.17, 15) is 14.4 Å². The molecule has 0 aromatic heterocycles. The van der Waals surface area contributed by atoms with Gasteiger partial charge in [0.1, 0.15) is 5.54 Å². The van der Waals surface area contributed by atoms with Crippen LogP contribution in [0.4, 0.5) is 4.79 Å². The number of hydrogen-bond donors (Lipinski definition) is 1. The second kappa shape index (κ2) is 7.15. The smallest absolute Gasteiger partial charge is 0.325 e. The van der Waals surface area contributed by atoms with Gasteiger partial charge < -0.3 is 10.1 Å². The number of benzene rings is 2.